The summed E-state index contributed by atoms with van der Waals surface area (Å²) >= 11 is 0. The van der Waals surface area contributed by atoms with Gasteiger partial charge in [-0.25, -0.2) is 0 Å². The molecule has 0 heteroatoms. The lowest BCUT2D eigenvalue weighted by atomic mass is 9.59. The minimum absolute atomic E-state index is 0.323. The van der Waals surface area contributed by atoms with Crippen LogP contribution in [0.4, 0.5) is 0 Å². The first-order chi connectivity index (χ1) is 17.8. The fourth-order valence-corrected chi connectivity index (χ4v) is 7.95. The van der Waals surface area contributed by atoms with Gasteiger partial charge < -0.3 is 0 Å². The topological polar surface area (TPSA) is 0 Å². The first-order valence-corrected chi connectivity index (χ1v) is 14.1. The van der Waals surface area contributed by atoms with Crippen LogP contribution in [0.3, 0.4) is 0 Å². The number of aryl methyl sites for hydroxylation is 12. The zero-order chi connectivity index (χ0) is 28.1. The molecule has 4 rings (SSSR count). The second-order valence-corrected chi connectivity index (χ2v) is 12.3. The van der Waals surface area contributed by atoms with Crippen LogP contribution in [0.2, 0.25) is 0 Å². The molecule has 0 aliphatic rings. The maximum atomic E-state index is 2.39. The van der Waals surface area contributed by atoms with Gasteiger partial charge in [-0.3, -0.25) is 0 Å². The van der Waals surface area contributed by atoms with Crippen LogP contribution in [-0.4, -0.2) is 0 Å². The summed E-state index contributed by atoms with van der Waals surface area (Å²) in [6.45, 7) is 27.5. The van der Waals surface area contributed by atoms with Crippen LogP contribution in [0.5, 0.6) is 0 Å². The number of hydrogen-bond donors (Lipinski definition) is 0. The van der Waals surface area contributed by atoms with Crippen molar-refractivity contribution in [1.29, 1.82) is 0 Å². The van der Waals surface area contributed by atoms with Crippen molar-refractivity contribution in [2.45, 2.75) is 94.9 Å². The van der Waals surface area contributed by atoms with Crippen LogP contribution >= 0.6 is 0 Å². The van der Waals surface area contributed by atoms with Gasteiger partial charge >= 0.3 is 0 Å². The van der Waals surface area contributed by atoms with Crippen molar-refractivity contribution < 1.29 is 0 Å². The van der Waals surface area contributed by atoms with Crippen LogP contribution in [0, 0.1) is 83.1 Å². The smallest absolute Gasteiger partial charge is 0.0507 e. The van der Waals surface area contributed by atoms with E-state index >= 15 is 0 Å². The Kier molecular flexibility index (Phi) is 7.50. The normalized spacial score (nSPS) is 11.8. The van der Waals surface area contributed by atoms with Crippen LogP contribution < -0.4 is 0 Å². The Bertz CT molecular complexity index is 1310. The predicted molar refractivity (Wildman–Crippen MR) is 166 cm³/mol. The molecule has 4 aromatic carbocycles. The maximum Gasteiger partial charge on any atom is 0.0507 e. The van der Waals surface area contributed by atoms with Gasteiger partial charge in [0, 0.05) is 0 Å². The Morgan fingerprint density at radius 3 is 0.789 bits per heavy atom. The van der Waals surface area contributed by atoms with Gasteiger partial charge in [0.05, 0.1) is 5.41 Å². The Hall–Kier alpha value is -3.12. The molecule has 0 saturated heterocycles. The van der Waals surface area contributed by atoms with Gasteiger partial charge in [0.1, 0.15) is 0 Å². The Morgan fingerprint density at radius 1 is 0.342 bits per heavy atom. The molecule has 0 N–H and O–H groups in total. The Balaban J connectivity index is 2.32. The molecule has 0 amide bonds. The van der Waals surface area contributed by atoms with Gasteiger partial charge in [-0.1, -0.05) is 70.8 Å². The van der Waals surface area contributed by atoms with E-state index in [0.717, 1.165) is 6.42 Å². The summed E-state index contributed by atoms with van der Waals surface area (Å²) < 4.78 is 0. The summed E-state index contributed by atoms with van der Waals surface area (Å²) in [6.07, 6.45) is 0.936. The van der Waals surface area contributed by atoms with Crippen molar-refractivity contribution in [3.05, 3.63) is 138 Å². The van der Waals surface area contributed by atoms with Crippen molar-refractivity contribution >= 4 is 0 Å². The molecule has 0 aliphatic carbocycles. The lowest BCUT2D eigenvalue weighted by Gasteiger charge is -2.43. The van der Waals surface area contributed by atoms with Crippen LogP contribution in [0.1, 0.15) is 89.0 Å². The van der Waals surface area contributed by atoms with Gasteiger partial charge in [-0.2, -0.15) is 0 Å². The molecule has 0 nitrogen and oxygen atoms in total. The highest BCUT2D eigenvalue weighted by molar-refractivity contribution is 5.65. The third-order valence-electron chi connectivity index (χ3n) is 8.59. The second kappa shape index (κ2) is 10.2. The average molecular weight is 503 g/mol. The van der Waals surface area contributed by atoms with E-state index in [1.807, 2.05) is 0 Å². The first-order valence-electron chi connectivity index (χ1n) is 14.1. The molecule has 0 radical (unpaired) electrons. The molecule has 0 atom stereocenters. The zero-order valence-electron chi connectivity index (χ0n) is 25.8. The van der Waals surface area contributed by atoms with E-state index in [9.17, 15) is 0 Å². The fraction of sp³-hybridized carbons (Fsp3) is 0.368. The van der Waals surface area contributed by atoms with E-state index < -0.39 is 0 Å². The van der Waals surface area contributed by atoms with Crippen molar-refractivity contribution in [3.63, 3.8) is 0 Å². The average Bonchev–Trinajstić information content (AvgIpc) is 2.73. The van der Waals surface area contributed by atoms with E-state index in [-0.39, 0.29) is 5.41 Å². The van der Waals surface area contributed by atoms with Gasteiger partial charge in [0.15, 0.2) is 0 Å². The van der Waals surface area contributed by atoms with Crippen molar-refractivity contribution in [2.24, 2.45) is 0 Å². The van der Waals surface area contributed by atoms with Crippen molar-refractivity contribution in [2.75, 3.05) is 0 Å². The summed E-state index contributed by atoms with van der Waals surface area (Å²) in [6, 6.07) is 19.1. The minimum atomic E-state index is -0.323. The molecule has 0 spiro atoms. The molecule has 0 unspecified atom stereocenters. The monoisotopic (exact) mass is 502 g/mol. The quantitative estimate of drug-likeness (QED) is 0.238. The lowest BCUT2D eigenvalue weighted by molar-refractivity contribution is 0.585. The number of hydrogen-bond acceptors (Lipinski definition) is 0. The van der Waals surface area contributed by atoms with Crippen molar-refractivity contribution in [1.82, 2.24) is 0 Å². The standard InChI is InChI=1S/C38H46/c1-22-13-26(5)34(27(6)14-22)21-38(35-28(7)15-23(2)16-29(35)8,36-30(9)17-24(3)18-31(36)10)37-32(11)19-25(4)20-33(37)12/h13-20H,21H2,1-12H3. The molecular formula is C38H46. The molecule has 0 fully saturated rings. The van der Waals surface area contributed by atoms with Gasteiger partial charge in [0.2, 0.25) is 0 Å². The van der Waals surface area contributed by atoms with Crippen molar-refractivity contribution in [3.8, 4) is 0 Å². The largest absolute Gasteiger partial charge is 0.0561 e. The van der Waals surface area contributed by atoms with E-state index in [4.69, 9.17) is 0 Å². The SMILES string of the molecule is Cc1cc(C)c(CC(c2c(C)cc(C)cc2C)(c2c(C)cc(C)cc2C)c2c(C)cc(C)cc2C)c(C)c1. The first kappa shape index (κ1) is 27.9. The second-order valence-electron chi connectivity index (χ2n) is 12.3. The number of rotatable bonds is 5. The highest BCUT2D eigenvalue weighted by atomic mass is 14.5. The van der Waals surface area contributed by atoms with Crippen LogP contribution in [0.25, 0.3) is 0 Å². The molecule has 0 saturated carbocycles. The summed E-state index contributed by atoms with van der Waals surface area (Å²) in [5.74, 6) is 0. The molecule has 0 heterocycles. The van der Waals surface area contributed by atoms with Gasteiger partial charge in [-0.15, -0.1) is 0 Å². The fourth-order valence-electron chi connectivity index (χ4n) is 7.95. The zero-order valence-corrected chi connectivity index (χ0v) is 25.8. The molecule has 198 valence electrons. The third-order valence-corrected chi connectivity index (χ3v) is 8.59. The van der Waals surface area contributed by atoms with Gasteiger partial charge in [-0.05, 0) is 156 Å². The lowest BCUT2D eigenvalue weighted by Crippen LogP contribution is -2.38. The van der Waals surface area contributed by atoms with E-state index in [2.05, 4.69) is 132 Å². The Labute approximate surface area is 232 Å². The molecule has 0 bridgehead atoms. The summed E-state index contributed by atoms with van der Waals surface area (Å²) in [4.78, 5) is 0. The highest BCUT2D eigenvalue weighted by Gasteiger charge is 2.43. The molecular weight excluding hydrogens is 456 g/mol. The van der Waals surface area contributed by atoms with E-state index in [0.29, 0.717) is 0 Å². The Morgan fingerprint density at radius 2 is 0.553 bits per heavy atom. The highest BCUT2D eigenvalue weighted by Crippen LogP contribution is 2.50. The molecule has 38 heavy (non-hydrogen) atoms. The van der Waals surface area contributed by atoms with E-state index in [1.54, 1.807) is 0 Å². The van der Waals surface area contributed by atoms with Gasteiger partial charge in [0.25, 0.3) is 0 Å². The number of benzene rings is 4. The maximum absolute atomic E-state index is 2.39. The van der Waals surface area contributed by atoms with Crippen LogP contribution in [-0.2, 0) is 11.8 Å². The summed E-state index contributed by atoms with van der Waals surface area (Å²) in [5, 5.41) is 0. The summed E-state index contributed by atoms with van der Waals surface area (Å²) in [5.41, 5.74) is 21.9. The van der Waals surface area contributed by atoms with E-state index in [1.165, 1.54) is 89.0 Å². The third kappa shape index (κ3) is 4.75. The molecule has 0 aliphatic heterocycles. The molecule has 0 aromatic heterocycles. The van der Waals surface area contributed by atoms with Crippen LogP contribution in [0.15, 0.2) is 48.5 Å². The predicted octanol–water partition coefficient (Wildman–Crippen LogP) is 9.96. The summed E-state index contributed by atoms with van der Waals surface area (Å²) in [7, 11) is 0. The minimum Gasteiger partial charge on any atom is -0.0561 e. The molecule has 4 aromatic rings.